The Kier molecular flexibility index (Phi) is 5.16. The number of anilines is 1. The molecule has 1 saturated carbocycles. The first kappa shape index (κ1) is 21.3. The molecule has 1 aliphatic carbocycles. The van der Waals surface area contributed by atoms with Crippen molar-refractivity contribution >= 4 is 39.1 Å². The van der Waals surface area contributed by atoms with Gasteiger partial charge in [0.2, 0.25) is 5.91 Å². The van der Waals surface area contributed by atoms with E-state index in [4.69, 9.17) is 0 Å². The average Bonchev–Trinajstić information content (AvgIpc) is 3.35. The predicted octanol–water partition coefficient (Wildman–Crippen LogP) is 5.43. The number of rotatable bonds is 3. The lowest BCUT2D eigenvalue weighted by Gasteiger charge is -2.45. The molecular formula is C26H31N3O2S. The first-order valence-corrected chi connectivity index (χ1v) is 12.5. The monoisotopic (exact) mass is 449 g/mol. The summed E-state index contributed by atoms with van der Waals surface area (Å²) >= 11 is 1.63. The van der Waals surface area contributed by atoms with Gasteiger partial charge in [0.25, 0.3) is 5.91 Å². The van der Waals surface area contributed by atoms with Crippen molar-refractivity contribution in [2.75, 3.05) is 4.90 Å². The van der Waals surface area contributed by atoms with Gasteiger partial charge in [0, 0.05) is 11.7 Å². The van der Waals surface area contributed by atoms with E-state index in [1.165, 1.54) is 6.42 Å². The fourth-order valence-electron chi connectivity index (χ4n) is 5.42. The van der Waals surface area contributed by atoms with Crippen LogP contribution in [-0.2, 0) is 11.3 Å². The van der Waals surface area contributed by atoms with Gasteiger partial charge < -0.3 is 9.88 Å². The van der Waals surface area contributed by atoms with Gasteiger partial charge in [-0.15, -0.1) is 11.3 Å². The van der Waals surface area contributed by atoms with Crippen LogP contribution >= 0.6 is 11.3 Å². The van der Waals surface area contributed by atoms with Crippen molar-refractivity contribution in [1.82, 2.24) is 9.88 Å². The average molecular weight is 450 g/mol. The summed E-state index contributed by atoms with van der Waals surface area (Å²) in [5.41, 5.74) is 3.63. The molecule has 5 nitrogen and oxygen atoms in total. The maximum atomic E-state index is 14.0. The highest BCUT2D eigenvalue weighted by Gasteiger charge is 2.49. The summed E-state index contributed by atoms with van der Waals surface area (Å²) in [7, 11) is 0. The Hall–Kier alpha value is -2.60. The number of thiophene rings is 1. The molecule has 1 aromatic carbocycles. The molecule has 2 aromatic heterocycles. The number of aryl methyl sites for hydroxylation is 1. The molecule has 168 valence electrons. The van der Waals surface area contributed by atoms with Crippen molar-refractivity contribution in [3.63, 3.8) is 0 Å². The van der Waals surface area contributed by atoms with Crippen LogP contribution in [0.2, 0.25) is 0 Å². The van der Waals surface area contributed by atoms with Crippen LogP contribution in [0.5, 0.6) is 0 Å². The van der Waals surface area contributed by atoms with E-state index in [-0.39, 0.29) is 17.9 Å². The molecule has 3 aromatic rings. The fraction of sp³-hybridized carbons (Fsp3) is 0.462. The van der Waals surface area contributed by atoms with Crippen LogP contribution in [0, 0.1) is 19.8 Å². The highest BCUT2D eigenvalue weighted by Crippen LogP contribution is 2.39. The molecule has 3 heterocycles. The standard InChI is InChI=1S/C26H31N3O2S/c1-16-9-7-11-20(18(16)3)29-24(30)22-14-23-21(12-13-32-23)28(22)15-26(29,4)25(31)27-19-10-6-5-8-17(19)2/h7,9,11-14,17,19H,5-6,8,10,15H2,1-4H3,(H,27,31)/t17-,19+,26+/m0/s1. The third kappa shape index (κ3) is 3.19. The van der Waals surface area contributed by atoms with Gasteiger partial charge in [-0.2, -0.15) is 0 Å². The van der Waals surface area contributed by atoms with Gasteiger partial charge in [0.05, 0.1) is 16.8 Å². The molecule has 2 amide bonds. The third-order valence-electron chi connectivity index (χ3n) is 7.64. The number of nitrogens with zero attached hydrogens (tertiary/aromatic N) is 2. The minimum atomic E-state index is -1.02. The third-order valence-corrected chi connectivity index (χ3v) is 8.49. The summed E-state index contributed by atoms with van der Waals surface area (Å²) in [6, 6.07) is 10.2. The molecule has 6 heteroatoms. The van der Waals surface area contributed by atoms with Crippen LogP contribution in [0.3, 0.4) is 0 Å². The molecule has 32 heavy (non-hydrogen) atoms. The van der Waals surface area contributed by atoms with E-state index in [1.807, 2.05) is 61.1 Å². The fourth-order valence-corrected chi connectivity index (χ4v) is 6.25. The van der Waals surface area contributed by atoms with Crippen molar-refractivity contribution in [1.29, 1.82) is 0 Å². The van der Waals surface area contributed by atoms with E-state index >= 15 is 0 Å². The lowest BCUT2D eigenvalue weighted by Crippen LogP contribution is -2.66. The Morgan fingerprint density at radius 2 is 1.97 bits per heavy atom. The number of aromatic nitrogens is 1. The Morgan fingerprint density at radius 1 is 1.19 bits per heavy atom. The van der Waals surface area contributed by atoms with E-state index in [0.29, 0.717) is 18.2 Å². The summed E-state index contributed by atoms with van der Waals surface area (Å²) in [6.07, 6.45) is 4.51. The Balaban J connectivity index is 1.63. The number of carbonyl (C=O) groups excluding carboxylic acids is 2. The molecule has 0 spiro atoms. The number of hydrogen-bond donors (Lipinski definition) is 1. The van der Waals surface area contributed by atoms with Crippen molar-refractivity contribution in [3.05, 3.63) is 52.5 Å². The SMILES string of the molecule is Cc1cccc(N2C(=O)c3cc4sccc4n3C[C@]2(C)C(=O)N[C@@H]2CCCC[C@@H]2C)c1C. The molecule has 3 atom stereocenters. The van der Waals surface area contributed by atoms with E-state index in [2.05, 4.69) is 12.2 Å². The van der Waals surface area contributed by atoms with Crippen molar-refractivity contribution < 1.29 is 9.59 Å². The van der Waals surface area contributed by atoms with Gasteiger partial charge in [-0.05, 0) is 74.2 Å². The molecule has 1 N–H and O–H groups in total. The number of fused-ring (bicyclic) bond motifs is 3. The zero-order valence-corrected chi connectivity index (χ0v) is 20.1. The molecular weight excluding hydrogens is 418 g/mol. The van der Waals surface area contributed by atoms with Crippen LogP contribution in [0.15, 0.2) is 35.7 Å². The van der Waals surface area contributed by atoms with Crippen LogP contribution in [0.4, 0.5) is 5.69 Å². The second-order valence-corrected chi connectivity index (χ2v) is 10.7. The van der Waals surface area contributed by atoms with Gasteiger partial charge in [0.15, 0.2) is 0 Å². The Morgan fingerprint density at radius 3 is 2.75 bits per heavy atom. The summed E-state index contributed by atoms with van der Waals surface area (Å²) in [5, 5.41) is 5.40. The van der Waals surface area contributed by atoms with E-state index in [0.717, 1.165) is 46.3 Å². The zero-order chi connectivity index (χ0) is 22.6. The normalized spacial score (nSPS) is 25.8. The molecule has 2 aliphatic rings. The van der Waals surface area contributed by atoms with Crippen LogP contribution in [0.25, 0.3) is 10.2 Å². The molecule has 0 saturated heterocycles. The Bertz CT molecular complexity index is 1210. The molecule has 0 bridgehead atoms. The number of benzene rings is 1. The first-order valence-electron chi connectivity index (χ1n) is 11.6. The van der Waals surface area contributed by atoms with E-state index in [1.54, 1.807) is 16.2 Å². The summed E-state index contributed by atoms with van der Waals surface area (Å²) in [4.78, 5) is 29.7. The predicted molar refractivity (Wildman–Crippen MR) is 131 cm³/mol. The van der Waals surface area contributed by atoms with Crippen LogP contribution < -0.4 is 10.2 Å². The topological polar surface area (TPSA) is 54.3 Å². The number of carbonyl (C=O) groups is 2. The van der Waals surface area contributed by atoms with Gasteiger partial charge >= 0.3 is 0 Å². The van der Waals surface area contributed by atoms with Crippen molar-refractivity contribution in [2.24, 2.45) is 5.92 Å². The largest absolute Gasteiger partial charge is 0.351 e. The molecule has 0 radical (unpaired) electrons. The maximum absolute atomic E-state index is 14.0. The van der Waals surface area contributed by atoms with Gasteiger partial charge in [-0.25, -0.2) is 0 Å². The van der Waals surface area contributed by atoms with Gasteiger partial charge in [-0.3, -0.25) is 14.5 Å². The number of nitrogens with one attached hydrogen (secondary N) is 1. The molecule has 1 aliphatic heterocycles. The quantitative estimate of drug-likeness (QED) is 0.579. The first-order chi connectivity index (χ1) is 15.3. The maximum Gasteiger partial charge on any atom is 0.275 e. The lowest BCUT2D eigenvalue weighted by atomic mass is 9.84. The number of hydrogen-bond acceptors (Lipinski definition) is 3. The second kappa shape index (κ2) is 7.77. The minimum Gasteiger partial charge on any atom is -0.351 e. The van der Waals surface area contributed by atoms with E-state index < -0.39 is 5.54 Å². The Labute approximate surface area is 193 Å². The molecule has 5 rings (SSSR count). The van der Waals surface area contributed by atoms with Gasteiger partial charge in [-0.1, -0.05) is 31.9 Å². The highest BCUT2D eigenvalue weighted by molar-refractivity contribution is 7.17. The van der Waals surface area contributed by atoms with E-state index in [9.17, 15) is 9.59 Å². The van der Waals surface area contributed by atoms with Crippen molar-refractivity contribution in [3.8, 4) is 0 Å². The van der Waals surface area contributed by atoms with Crippen LogP contribution in [-0.4, -0.2) is 28.0 Å². The minimum absolute atomic E-state index is 0.0618. The summed E-state index contributed by atoms with van der Waals surface area (Å²) in [6.45, 7) is 8.67. The van der Waals surface area contributed by atoms with Gasteiger partial charge in [0.1, 0.15) is 11.2 Å². The zero-order valence-electron chi connectivity index (χ0n) is 19.3. The molecule has 1 fully saturated rings. The highest BCUT2D eigenvalue weighted by atomic mass is 32.1. The smallest absolute Gasteiger partial charge is 0.275 e. The second-order valence-electron chi connectivity index (χ2n) is 9.76. The van der Waals surface area contributed by atoms with Crippen molar-refractivity contribution in [2.45, 2.75) is 71.5 Å². The van der Waals surface area contributed by atoms with Crippen LogP contribution in [0.1, 0.15) is 61.1 Å². The summed E-state index contributed by atoms with van der Waals surface area (Å²) in [5.74, 6) is 0.284. The number of amides is 2. The molecule has 0 unspecified atom stereocenters. The summed E-state index contributed by atoms with van der Waals surface area (Å²) < 4.78 is 3.12. The lowest BCUT2D eigenvalue weighted by molar-refractivity contribution is -0.127.